The molecule has 0 bridgehead atoms. The number of nitrogens with one attached hydrogen (secondary N) is 1. The Morgan fingerprint density at radius 3 is 2.17 bits per heavy atom. The van der Waals surface area contributed by atoms with Gasteiger partial charge in [-0.05, 0) is 87.0 Å². The highest BCUT2D eigenvalue weighted by molar-refractivity contribution is 7.53. The molecule has 1 saturated carbocycles. The van der Waals surface area contributed by atoms with Crippen LogP contribution in [0.25, 0.3) is 31.8 Å². The molecular weight excluding hydrogens is 609 g/mol. The third-order valence-electron chi connectivity index (χ3n) is 6.71. The lowest BCUT2D eigenvalue weighted by Crippen LogP contribution is -2.40. The maximum Gasteiger partial charge on any atom is 0.525 e. The fraction of sp³-hybridized carbons (Fsp3) is 0.355. The molecule has 0 unspecified atom stereocenters. The molecule has 1 aliphatic rings. The second-order valence-electron chi connectivity index (χ2n) is 11.6. The minimum absolute atomic E-state index is 0.215. The van der Waals surface area contributed by atoms with Crippen LogP contribution in [0.2, 0.25) is 0 Å². The average Bonchev–Trinajstić information content (AvgIpc) is 3.39. The molecule has 0 saturated heterocycles. The zero-order valence-corrected chi connectivity index (χ0v) is 26.8. The van der Waals surface area contributed by atoms with Crippen molar-refractivity contribution in [1.29, 1.82) is 0 Å². The number of carbonyl (C=O) groups is 1. The van der Waals surface area contributed by atoms with Crippen LogP contribution in [0.4, 0.5) is 4.79 Å². The fourth-order valence-corrected chi connectivity index (χ4v) is 5.45. The number of azide groups is 2. The molecule has 2 heterocycles. The molecule has 2 aromatic carbocycles. The average molecular weight is 646 g/mol. The van der Waals surface area contributed by atoms with Gasteiger partial charge >= 0.3 is 13.8 Å². The van der Waals surface area contributed by atoms with E-state index in [1.807, 2.05) is 32.9 Å². The molecule has 1 fully saturated rings. The van der Waals surface area contributed by atoms with Gasteiger partial charge in [-0.2, -0.15) is 0 Å². The predicted octanol–water partition coefficient (Wildman–Crippen LogP) is 9.47. The second kappa shape index (κ2) is 15.7. The van der Waals surface area contributed by atoms with E-state index in [1.54, 1.807) is 71.8 Å². The highest BCUT2D eigenvalue weighted by Gasteiger charge is 2.28. The number of amides is 1. The first-order chi connectivity index (χ1) is 22.1. The summed E-state index contributed by atoms with van der Waals surface area (Å²) in [5, 5.41) is 4.51. The smallest absolute Gasteiger partial charge is 0.444 e. The molecule has 14 nitrogen and oxygen atoms in total. The Morgan fingerprint density at radius 1 is 1.02 bits per heavy atom. The first-order valence-electron chi connectivity index (χ1n) is 14.7. The molecule has 1 amide bonds. The maximum atomic E-state index is 12.7. The van der Waals surface area contributed by atoms with Crippen LogP contribution in [0.5, 0.6) is 11.5 Å². The Balaban J connectivity index is 0.000000222. The number of benzene rings is 2. The molecule has 0 aliphatic heterocycles. The van der Waals surface area contributed by atoms with Gasteiger partial charge in [0.05, 0.1) is 13.1 Å². The van der Waals surface area contributed by atoms with E-state index < -0.39 is 13.3 Å². The number of nitrogens with zero attached hydrogens (tertiary/aromatic N) is 8. The van der Waals surface area contributed by atoms with Crippen molar-refractivity contribution in [2.45, 2.75) is 58.7 Å². The van der Waals surface area contributed by atoms with Gasteiger partial charge in [-0.25, -0.2) is 9.36 Å². The lowest BCUT2D eigenvalue weighted by molar-refractivity contribution is 0.0171. The summed E-state index contributed by atoms with van der Waals surface area (Å²) >= 11 is 0. The SMILES string of the molecule is CC(C)(C)OC(=O)N(Cc1cc2cnc(CN=[N+]=[N-])cc2[nH]1)CC1CCC1.[N-]=[N+]=NP(=O)(Oc1ccccc1)Oc1ccccc1. The summed E-state index contributed by atoms with van der Waals surface area (Å²) < 4.78 is 28.2. The lowest BCUT2D eigenvalue weighted by Gasteiger charge is -2.33. The fourth-order valence-electron chi connectivity index (χ4n) is 4.46. The number of pyridine rings is 1. The Bertz CT molecular complexity index is 1700. The van der Waals surface area contributed by atoms with Crippen LogP contribution in [0.3, 0.4) is 0 Å². The van der Waals surface area contributed by atoms with Crippen LogP contribution in [0, 0.1) is 5.92 Å². The molecule has 240 valence electrons. The van der Waals surface area contributed by atoms with Crippen molar-refractivity contribution in [1.82, 2.24) is 14.9 Å². The Kier molecular flexibility index (Phi) is 11.5. The van der Waals surface area contributed by atoms with E-state index in [4.69, 9.17) is 24.8 Å². The van der Waals surface area contributed by atoms with Crippen LogP contribution in [0.1, 0.15) is 51.4 Å². The number of aromatic nitrogens is 2. The number of carbonyl (C=O) groups excluding carboxylic acids is 1. The number of ether oxygens (including phenoxy) is 1. The monoisotopic (exact) mass is 645 g/mol. The van der Waals surface area contributed by atoms with Gasteiger partial charge in [0.15, 0.2) is 0 Å². The third-order valence-corrected chi connectivity index (χ3v) is 7.89. The molecule has 0 radical (unpaired) electrons. The standard InChI is InChI=1S/C19H26N6O2.C12H10N3O3P/c1-19(2,3)27-18(26)25(11-13-5-4-6-13)12-16-7-14-9-21-15(10-22-24-20)8-17(14)23-16;13-14-15-19(16,17-11-7-3-1-4-8-11)18-12-9-5-2-6-10-12/h7-9,13,23H,4-6,10-12H2,1-3H3;1-10H. The van der Waals surface area contributed by atoms with E-state index in [1.165, 1.54) is 19.3 Å². The summed E-state index contributed by atoms with van der Waals surface area (Å²) in [4.78, 5) is 30.5. The summed E-state index contributed by atoms with van der Waals surface area (Å²) in [6.45, 7) is 7.04. The Morgan fingerprint density at radius 2 is 1.65 bits per heavy atom. The number of rotatable bonds is 11. The minimum Gasteiger partial charge on any atom is -0.444 e. The van der Waals surface area contributed by atoms with Crippen molar-refractivity contribution in [3.05, 3.63) is 111 Å². The number of aromatic amines is 1. The van der Waals surface area contributed by atoms with E-state index in [2.05, 4.69) is 29.8 Å². The summed E-state index contributed by atoms with van der Waals surface area (Å²) in [5.74, 6) is 1.15. The molecule has 46 heavy (non-hydrogen) atoms. The van der Waals surface area contributed by atoms with Gasteiger partial charge < -0.3 is 23.7 Å². The Labute approximate surface area is 266 Å². The van der Waals surface area contributed by atoms with E-state index in [0.29, 0.717) is 36.2 Å². The van der Waals surface area contributed by atoms with Crippen LogP contribution < -0.4 is 9.05 Å². The van der Waals surface area contributed by atoms with Crippen LogP contribution in [-0.4, -0.2) is 33.1 Å². The van der Waals surface area contributed by atoms with Crippen LogP contribution in [0.15, 0.2) is 89.0 Å². The molecule has 5 rings (SSSR count). The van der Waals surface area contributed by atoms with Gasteiger partial charge in [-0.1, -0.05) is 47.9 Å². The summed E-state index contributed by atoms with van der Waals surface area (Å²) in [7, 11) is -3.95. The van der Waals surface area contributed by atoms with E-state index >= 15 is 0 Å². The van der Waals surface area contributed by atoms with Gasteiger partial charge in [-0.3, -0.25) is 4.98 Å². The number of hydrogen-bond acceptors (Lipinski definition) is 7. The summed E-state index contributed by atoms with van der Waals surface area (Å²) in [6.07, 6.45) is 5.03. The first-order valence-corrected chi connectivity index (χ1v) is 16.2. The number of hydrogen-bond donors (Lipinski definition) is 1. The number of para-hydroxylation sites is 2. The Hall–Kier alpha value is -5.15. The predicted molar refractivity (Wildman–Crippen MR) is 174 cm³/mol. The molecule has 1 N–H and O–H groups in total. The molecule has 0 atom stereocenters. The molecule has 2 aromatic heterocycles. The van der Waals surface area contributed by atoms with Gasteiger partial charge in [0.1, 0.15) is 17.1 Å². The molecule has 4 aromatic rings. The van der Waals surface area contributed by atoms with E-state index in [-0.39, 0.29) is 12.6 Å². The molecular formula is C31H36N9O5P. The van der Waals surface area contributed by atoms with Crippen molar-refractivity contribution in [2.24, 2.45) is 15.9 Å². The van der Waals surface area contributed by atoms with Crippen molar-refractivity contribution in [3.63, 3.8) is 0 Å². The zero-order valence-electron chi connectivity index (χ0n) is 25.9. The summed E-state index contributed by atoms with van der Waals surface area (Å²) in [5.41, 5.74) is 19.0. The number of fused-ring (bicyclic) bond motifs is 1. The van der Waals surface area contributed by atoms with E-state index in [9.17, 15) is 9.36 Å². The second-order valence-corrected chi connectivity index (χ2v) is 13.0. The van der Waals surface area contributed by atoms with Gasteiger partial charge in [0.2, 0.25) is 0 Å². The molecule has 0 spiro atoms. The van der Waals surface area contributed by atoms with Gasteiger partial charge in [0, 0.05) is 49.7 Å². The zero-order chi connectivity index (χ0) is 33.0. The van der Waals surface area contributed by atoms with Crippen LogP contribution in [-0.2, 0) is 22.4 Å². The first kappa shape index (κ1) is 33.7. The van der Waals surface area contributed by atoms with Crippen molar-refractivity contribution in [3.8, 4) is 11.5 Å². The maximum absolute atomic E-state index is 12.7. The largest absolute Gasteiger partial charge is 0.525 e. The van der Waals surface area contributed by atoms with E-state index in [0.717, 1.165) is 16.6 Å². The number of H-pyrrole nitrogens is 1. The lowest BCUT2D eigenvalue weighted by atomic mass is 9.85. The highest BCUT2D eigenvalue weighted by atomic mass is 31.2. The highest BCUT2D eigenvalue weighted by Crippen LogP contribution is 2.50. The van der Waals surface area contributed by atoms with Crippen molar-refractivity contribution >= 4 is 24.7 Å². The van der Waals surface area contributed by atoms with Gasteiger partial charge in [-0.15, -0.1) is 0 Å². The molecule has 15 heteroatoms. The minimum atomic E-state index is -3.95. The van der Waals surface area contributed by atoms with Crippen molar-refractivity contribution < 1.29 is 23.1 Å². The molecule has 1 aliphatic carbocycles. The van der Waals surface area contributed by atoms with Gasteiger partial charge in [0.25, 0.3) is 0 Å². The summed E-state index contributed by atoms with van der Waals surface area (Å²) in [6, 6.07) is 20.6. The van der Waals surface area contributed by atoms with Crippen LogP contribution >= 0.6 is 7.75 Å². The normalized spacial score (nSPS) is 12.8. The van der Waals surface area contributed by atoms with Crippen molar-refractivity contribution in [2.75, 3.05) is 6.54 Å². The third kappa shape index (κ3) is 10.5. The topological polar surface area (TPSA) is 191 Å². The quantitative estimate of drug-likeness (QED) is 0.0730.